The molecule has 1 aliphatic rings. The summed E-state index contributed by atoms with van der Waals surface area (Å²) in [5.74, 6) is 1.12. The molecule has 2 heterocycles. The van der Waals surface area contributed by atoms with E-state index in [1.165, 1.54) is 0 Å². The quantitative estimate of drug-likeness (QED) is 0.906. The van der Waals surface area contributed by atoms with Crippen LogP contribution in [0.2, 0.25) is 0 Å². The van der Waals surface area contributed by atoms with Gasteiger partial charge in [-0.25, -0.2) is 4.79 Å². The zero-order chi connectivity index (χ0) is 13.8. The molecule has 1 aliphatic heterocycles. The molecule has 0 aliphatic carbocycles. The van der Waals surface area contributed by atoms with Crippen LogP contribution in [0.15, 0.2) is 12.3 Å². The van der Waals surface area contributed by atoms with Crippen molar-refractivity contribution >= 4 is 11.8 Å². The van der Waals surface area contributed by atoms with Crippen molar-refractivity contribution in [2.45, 2.75) is 26.3 Å². The number of carbonyl (C=O) groups is 1. The number of aryl methyl sites for hydroxylation is 1. The Hall–Kier alpha value is -1.56. The minimum absolute atomic E-state index is 0.0901. The molecule has 2 amide bonds. The highest BCUT2D eigenvalue weighted by molar-refractivity contribution is 5.88. The van der Waals surface area contributed by atoms with Crippen LogP contribution in [0.25, 0.3) is 0 Å². The van der Waals surface area contributed by atoms with Gasteiger partial charge < -0.3 is 9.64 Å². The number of hydrogen-bond donors (Lipinski definition) is 1. The van der Waals surface area contributed by atoms with Gasteiger partial charge in [0.25, 0.3) is 0 Å². The third-order valence-electron chi connectivity index (χ3n) is 3.18. The van der Waals surface area contributed by atoms with E-state index in [-0.39, 0.29) is 12.1 Å². The van der Waals surface area contributed by atoms with E-state index in [9.17, 15) is 4.79 Å². The van der Waals surface area contributed by atoms with Crippen LogP contribution in [-0.2, 0) is 11.8 Å². The van der Waals surface area contributed by atoms with E-state index in [0.717, 1.165) is 6.42 Å². The van der Waals surface area contributed by atoms with Gasteiger partial charge in [-0.1, -0.05) is 13.8 Å². The van der Waals surface area contributed by atoms with E-state index in [1.54, 1.807) is 16.9 Å². The molecule has 6 nitrogen and oxygen atoms in total. The van der Waals surface area contributed by atoms with E-state index in [2.05, 4.69) is 24.3 Å². The van der Waals surface area contributed by atoms with Crippen molar-refractivity contribution < 1.29 is 9.53 Å². The predicted molar refractivity (Wildman–Crippen MR) is 73.0 cm³/mol. The zero-order valence-corrected chi connectivity index (χ0v) is 11.8. The second-order valence-electron chi connectivity index (χ2n) is 5.36. The fourth-order valence-corrected chi connectivity index (χ4v) is 2.32. The van der Waals surface area contributed by atoms with Crippen molar-refractivity contribution in [3.63, 3.8) is 0 Å². The first-order chi connectivity index (χ1) is 9.06. The summed E-state index contributed by atoms with van der Waals surface area (Å²) in [6.45, 7) is 6.17. The third kappa shape index (κ3) is 3.70. The van der Waals surface area contributed by atoms with Gasteiger partial charge in [-0.15, -0.1) is 0 Å². The van der Waals surface area contributed by atoms with Crippen LogP contribution >= 0.6 is 0 Å². The van der Waals surface area contributed by atoms with Gasteiger partial charge in [0.15, 0.2) is 5.82 Å². The Morgan fingerprint density at radius 2 is 2.42 bits per heavy atom. The number of ether oxygens (including phenoxy) is 1. The molecule has 0 saturated carbocycles. The second-order valence-corrected chi connectivity index (χ2v) is 5.36. The number of rotatable bonds is 3. The first kappa shape index (κ1) is 13.9. The summed E-state index contributed by atoms with van der Waals surface area (Å²) < 4.78 is 7.14. The van der Waals surface area contributed by atoms with Gasteiger partial charge in [-0.05, 0) is 12.3 Å². The van der Waals surface area contributed by atoms with Gasteiger partial charge in [0.2, 0.25) is 0 Å². The Morgan fingerprint density at radius 1 is 1.63 bits per heavy atom. The molecule has 19 heavy (non-hydrogen) atoms. The number of anilines is 1. The summed E-state index contributed by atoms with van der Waals surface area (Å²) in [6.07, 6.45) is 2.76. The van der Waals surface area contributed by atoms with Gasteiger partial charge in [0, 0.05) is 25.9 Å². The summed E-state index contributed by atoms with van der Waals surface area (Å²) in [7, 11) is 1.83. The maximum Gasteiger partial charge on any atom is 0.323 e. The molecule has 2 rings (SSSR count). The Bertz CT molecular complexity index is 430. The molecule has 6 heteroatoms. The number of carbonyl (C=O) groups excluding carboxylic acids is 1. The van der Waals surface area contributed by atoms with Crippen LogP contribution in [0, 0.1) is 5.92 Å². The topological polar surface area (TPSA) is 59.4 Å². The SMILES string of the molecule is CC(C)CC1COCCN1C(=O)Nc1ccn(C)n1. The number of aromatic nitrogens is 2. The maximum absolute atomic E-state index is 12.3. The lowest BCUT2D eigenvalue weighted by atomic mass is 10.0. The van der Waals surface area contributed by atoms with Crippen LogP contribution in [-0.4, -0.2) is 46.5 Å². The molecule has 1 saturated heterocycles. The number of urea groups is 1. The average Bonchev–Trinajstić information content (AvgIpc) is 2.74. The van der Waals surface area contributed by atoms with Crippen molar-refractivity contribution in [3.05, 3.63) is 12.3 Å². The van der Waals surface area contributed by atoms with Crippen LogP contribution in [0.4, 0.5) is 10.6 Å². The van der Waals surface area contributed by atoms with Gasteiger partial charge in [-0.3, -0.25) is 10.00 Å². The molecule has 0 bridgehead atoms. The third-order valence-corrected chi connectivity index (χ3v) is 3.18. The molecular weight excluding hydrogens is 244 g/mol. The van der Waals surface area contributed by atoms with Crippen molar-refractivity contribution in [2.24, 2.45) is 13.0 Å². The van der Waals surface area contributed by atoms with E-state index < -0.39 is 0 Å². The normalized spacial score (nSPS) is 19.8. The van der Waals surface area contributed by atoms with E-state index >= 15 is 0 Å². The monoisotopic (exact) mass is 266 g/mol. The number of nitrogens with one attached hydrogen (secondary N) is 1. The number of morpholine rings is 1. The molecule has 1 aromatic rings. The maximum atomic E-state index is 12.3. The Morgan fingerprint density at radius 3 is 3.05 bits per heavy atom. The fraction of sp³-hybridized carbons (Fsp3) is 0.692. The predicted octanol–water partition coefficient (Wildman–Crippen LogP) is 1.70. The number of amides is 2. The lowest BCUT2D eigenvalue weighted by Gasteiger charge is -2.36. The Balaban J connectivity index is 1.98. The highest BCUT2D eigenvalue weighted by atomic mass is 16.5. The first-order valence-electron chi connectivity index (χ1n) is 6.71. The van der Waals surface area contributed by atoms with Gasteiger partial charge in [-0.2, -0.15) is 5.10 Å². The molecular formula is C13H22N4O2. The fourth-order valence-electron chi connectivity index (χ4n) is 2.32. The van der Waals surface area contributed by atoms with Crippen molar-refractivity contribution in [1.29, 1.82) is 0 Å². The van der Waals surface area contributed by atoms with Crippen molar-refractivity contribution in [3.8, 4) is 0 Å². The average molecular weight is 266 g/mol. The van der Waals surface area contributed by atoms with Crippen LogP contribution in [0.5, 0.6) is 0 Å². The first-order valence-corrected chi connectivity index (χ1v) is 6.71. The Labute approximate surface area is 113 Å². The summed E-state index contributed by atoms with van der Waals surface area (Å²) in [5.41, 5.74) is 0. The summed E-state index contributed by atoms with van der Waals surface area (Å²) in [4.78, 5) is 14.1. The van der Waals surface area contributed by atoms with Crippen molar-refractivity contribution in [1.82, 2.24) is 14.7 Å². The molecule has 1 aromatic heterocycles. The van der Waals surface area contributed by atoms with E-state index in [1.807, 2.05) is 11.9 Å². The van der Waals surface area contributed by atoms with E-state index in [4.69, 9.17) is 4.74 Å². The highest BCUT2D eigenvalue weighted by Gasteiger charge is 2.28. The minimum atomic E-state index is -0.0901. The number of hydrogen-bond acceptors (Lipinski definition) is 3. The standard InChI is InChI=1S/C13H22N4O2/c1-10(2)8-11-9-19-7-6-17(11)13(18)14-12-4-5-16(3)15-12/h4-5,10-11H,6-9H2,1-3H3,(H,14,15,18). The lowest BCUT2D eigenvalue weighted by molar-refractivity contribution is 0.00855. The van der Waals surface area contributed by atoms with Crippen LogP contribution in [0.3, 0.4) is 0 Å². The second kappa shape index (κ2) is 6.06. The van der Waals surface area contributed by atoms with Crippen LogP contribution < -0.4 is 5.32 Å². The smallest absolute Gasteiger partial charge is 0.323 e. The van der Waals surface area contributed by atoms with Crippen LogP contribution in [0.1, 0.15) is 20.3 Å². The molecule has 106 valence electrons. The summed E-state index contributed by atoms with van der Waals surface area (Å²) in [6, 6.07) is 1.85. The molecule has 1 unspecified atom stereocenters. The molecule has 1 fully saturated rings. The highest BCUT2D eigenvalue weighted by Crippen LogP contribution is 2.17. The van der Waals surface area contributed by atoms with Gasteiger partial charge in [0.05, 0.1) is 19.3 Å². The molecule has 0 radical (unpaired) electrons. The van der Waals surface area contributed by atoms with Crippen molar-refractivity contribution in [2.75, 3.05) is 25.1 Å². The minimum Gasteiger partial charge on any atom is -0.377 e. The van der Waals surface area contributed by atoms with E-state index in [0.29, 0.717) is 31.5 Å². The largest absolute Gasteiger partial charge is 0.377 e. The lowest BCUT2D eigenvalue weighted by Crippen LogP contribution is -2.50. The summed E-state index contributed by atoms with van der Waals surface area (Å²) >= 11 is 0. The number of nitrogens with zero attached hydrogens (tertiary/aromatic N) is 3. The molecule has 0 aromatic carbocycles. The van der Waals surface area contributed by atoms with Gasteiger partial charge in [0.1, 0.15) is 0 Å². The molecule has 1 atom stereocenters. The zero-order valence-electron chi connectivity index (χ0n) is 11.8. The Kier molecular flexibility index (Phi) is 4.42. The van der Waals surface area contributed by atoms with Gasteiger partial charge >= 0.3 is 6.03 Å². The molecule has 0 spiro atoms. The summed E-state index contributed by atoms with van der Waals surface area (Å²) in [5, 5.41) is 6.99. The molecule has 1 N–H and O–H groups in total.